The molecule has 0 saturated carbocycles. The number of nitriles is 1. The number of piperazine rings is 1. The highest BCUT2D eigenvalue weighted by atomic mass is 35.6. The van der Waals surface area contributed by atoms with Gasteiger partial charge in [0.1, 0.15) is 37.7 Å². The molecule has 6 atom stereocenters. The SMILES string of the molecule is C=CCOc1c(C)c2c(c3c1C[C@H]1[C@H]4c5c(cc(C)c(OC)c5OCOC)C[C@@H]([C@H](C#N)N1[C@H]3COC(=O)[C@@H](CSCC1c3ccccc3-c3ccccc31)NC(=O)OCC(Cl)(Cl)Cl)N4C)OCO2. The number of hydrogen-bond acceptors (Lipinski definition) is 14. The van der Waals surface area contributed by atoms with Crippen molar-refractivity contribution < 1.29 is 47.5 Å². The monoisotopic (exact) mass is 1020 g/mol. The molecule has 4 aliphatic heterocycles. The zero-order chi connectivity index (χ0) is 48.7. The van der Waals surface area contributed by atoms with Gasteiger partial charge in [0.25, 0.3) is 0 Å². The Morgan fingerprint density at radius 2 is 1.68 bits per heavy atom. The average molecular weight is 1020 g/mol. The van der Waals surface area contributed by atoms with Crippen molar-refractivity contribution >= 4 is 58.6 Å². The maximum atomic E-state index is 14.7. The Hall–Kier alpha value is -5.05. The standard InChI is InChI=1S/C51H53Cl3N4O10S/c1-7-16-63-45-28(3)46-48(68-26-67-46)42-34(45)19-38-43-41-29(17-27(2)44(62-6)47(41)66-25-61-5)18-37(57(43)4)39(20-55)58(38)40(42)21-64-49(59)36(56-50(60)65-24-51(52,53)54)23-69-22-35-32-14-10-8-12-30(32)31-13-9-11-15-33(31)35/h7-15,17,35-40,43H,1,16,18-19,21-26H2,2-6H3,(H,56,60)/t36-,37+,38+,39+,40+,43+/m1/s1. The molecular weight excluding hydrogens is 967 g/mol. The third-order valence-electron chi connectivity index (χ3n) is 13.8. The molecule has 364 valence electrons. The number of halogens is 3. The number of thioether (sulfide) groups is 1. The molecule has 4 aromatic rings. The molecule has 4 heterocycles. The van der Waals surface area contributed by atoms with E-state index in [2.05, 4.69) is 58.1 Å². The van der Waals surface area contributed by atoms with Gasteiger partial charge in [-0.1, -0.05) is 102 Å². The lowest BCUT2D eigenvalue weighted by atomic mass is 9.71. The number of carbonyl (C=O) groups is 2. The highest BCUT2D eigenvalue weighted by molar-refractivity contribution is 7.99. The average Bonchev–Trinajstić information content (AvgIpc) is 3.95. The minimum atomic E-state index is -1.88. The number of likely N-dealkylation sites (N-methyl/N-ethyl adjacent to an activating group) is 1. The fraction of sp³-hybridized carbons (Fsp3) is 0.431. The second-order valence-electron chi connectivity index (χ2n) is 17.7. The molecule has 0 unspecified atom stereocenters. The van der Waals surface area contributed by atoms with Crippen molar-refractivity contribution in [3.8, 4) is 45.9 Å². The molecule has 2 bridgehead atoms. The van der Waals surface area contributed by atoms with Crippen LogP contribution in [0.4, 0.5) is 4.79 Å². The molecule has 0 radical (unpaired) electrons. The van der Waals surface area contributed by atoms with E-state index in [0.717, 1.165) is 27.8 Å². The largest absolute Gasteiger partial charge is 0.493 e. The van der Waals surface area contributed by atoms with Gasteiger partial charge in [0.2, 0.25) is 10.6 Å². The van der Waals surface area contributed by atoms with Crippen LogP contribution in [0.1, 0.15) is 62.5 Å². The Balaban J connectivity index is 1.09. The topological polar surface area (TPSA) is 150 Å². The second-order valence-corrected chi connectivity index (χ2v) is 21.3. The molecule has 1 aliphatic carbocycles. The van der Waals surface area contributed by atoms with Crippen LogP contribution in [0.15, 0.2) is 67.3 Å². The molecule has 1 fully saturated rings. The van der Waals surface area contributed by atoms with Gasteiger partial charge in [-0.3, -0.25) is 9.80 Å². The lowest BCUT2D eigenvalue weighted by Crippen LogP contribution is -2.68. The molecule has 1 saturated heterocycles. The fourth-order valence-corrected chi connectivity index (χ4v) is 12.4. The minimum Gasteiger partial charge on any atom is -0.493 e. The number of carbonyl (C=O) groups excluding carboxylic acids is 2. The predicted molar refractivity (Wildman–Crippen MR) is 263 cm³/mol. The number of rotatable bonds is 16. The summed E-state index contributed by atoms with van der Waals surface area (Å²) >= 11 is 19.3. The van der Waals surface area contributed by atoms with Crippen LogP contribution >= 0.6 is 46.6 Å². The number of methoxy groups -OCH3 is 2. The lowest BCUT2D eigenvalue weighted by Gasteiger charge is -2.60. The molecule has 1 N–H and O–H groups in total. The van der Waals surface area contributed by atoms with E-state index in [9.17, 15) is 14.9 Å². The van der Waals surface area contributed by atoms with Crippen LogP contribution in [0.5, 0.6) is 28.7 Å². The number of ether oxygens (including phenoxy) is 8. The molecule has 18 heteroatoms. The van der Waals surface area contributed by atoms with Crippen molar-refractivity contribution in [3.05, 3.63) is 112 Å². The van der Waals surface area contributed by atoms with E-state index in [-0.39, 0.29) is 50.6 Å². The third-order valence-corrected chi connectivity index (χ3v) is 15.2. The summed E-state index contributed by atoms with van der Waals surface area (Å²) in [6.07, 6.45) is 1.64. The van der Waals surface area contributed by atoms with Gasteiger partial charge < -0.3 is 43.2 Å². The first-order valence-corrected chi connectivity index (χ1v) is 24.9. The van der Waals surface area contributed by atoms with Crippen molar-refractivity contribution in [2.24, 2.45) is 0 Å². The van der Waals surface area contributed by atoms with Crippen LogP contribution in [0, 0.1) is 25.2 Å². The predicted octanol–water partition coefficient (Wildman–Crippen LogP) is 8.91. The second kappa shape index (κ2) is 20.4. The van der Waals surface area contributed by atoms with Gasteiger partial charge in [0.05, 0.1) is 25.3 Å². The molecule has 5 aliphatic rings. The Morgan fingerprint density at radius 1 is 0.971 bits per heavy atom. The van der Waals surface area contributed by atoms with Crippen molar-refractivity contribution in [1.29, 1.82) is 5.26 Å². The highest BCUT2D eigenvalue weighted by Crippen LogP contribution is 2.59. The van der Waals surface area contributed by atoms with Crippen molar-refractivity contribution in [3.63, 3.8) is 0 Å². The highest BCUT2D eigenvalue weighted by Gasteiger charge is 2.57. The number of esters is 1. The molecule has 69 heavy (non-hydrogen) atoms. The molecule has 1 amide bonds. The van der Waals surface area contributed by atoms with Crippen LogP contribution in [0.2, 0.25) is 0 Å². The summed E-state index contributed by atoms with van der Waals surface area (Å²) in [7, 11) is 5.22. The van der Waals surface area contributed by atoms with E-state index in [0.29, 0.717) is 52.9 Å². The Bertz CT molecular complexity index is 2650. The summed E-state index contributed by atoms with van der Waals surface area (Å²) in [6.45, 7) is 7.17. The molecular formula is C51H53Cl3N4O10S. The number of aryl methyl sites for hydroxylation is 1. The maximum Gasteiger partial charge on any atom is 0.408 e. The summed E-state index contributed by atoms with van der Waals surface area (Å²) in [6, 6.07) is 17.7. The lowest BCUT2D eigenvalue weighted by molar-refractivity contribution is -0.150. The zero-order valence-corrected chi connectivity index (χ0v) is 41.9. The summed E-state index contributed by atoms with van der Waals surface area (Å²) < 4.78 is 46.5. The van der Waals surface area contributed by atoms with Crippen LogP contribution in [-0.2, 0) is 31.8 Å². The number of alkyl halides is 3. The van der Waals surface area contributed by atoms with Gasteiger partial charge >= 0.3 is 12.1 Å². The van der Waals surface area contributed by atoms with E-state index < -0.39 is 46.6 Å². The summed E-state index contributed by atoms with van der Waals surface area (Å²) in [5.74, 6) is 2.80. The summed E-state index contributed by atoms with van der Waals surface area (Å²) in [5.41, 5.74) is 9.85. The number of benzene rings is 4. The Kier molecular flexibility index (Phi) is 14.4. The molecule has 14 nitrogen and oxygen atoms in total. The van der Waals surface area contributed by atoms with Crippen molar-refractivity contribution in [1.82, 2.24) is 15.1 Å². The fourth-order valence-electron chi connectivity index (χ4n) is 11.1. The van der Waals surface area contributed by atoms with Gasteiger partial charge in [-0.2, -0.15) is 17.0 Å². The van der Waals surface area contributed by atoms with Crippen LogP contribution in [0.25, 0.3) is 11.1 Å². The first-order valence-electron chi connectivity index (χ1n) is 22.6. The van der Waals surface area contributed by atoms with Crippen molar-refractivity contribution in [2.45, 2.75) is 72.7 Å². The normalized spacial score (nSPS) is 21.3. The van der Waals surface area contributed by atoms with E-state index in [1.54, 1.807) is 20.3 Å². The van der Waals surface area contributed by atoms with Crippen LogP contribution in [0.3, 0.4) is 0 Å². The van der Waals surface area contributed by atoms with Gasteiger partial charge in [-0.25, -0.2) is 9.59 Å². The minimum absolute atomic E-state index is 0.0162. The molecule has 9 rings (SSSR count). The zero-order valence-electron chi connectivity index (χ0n) is 38.9. The molecule has 0 spiro atoms. The van der Waals surface area contributed by atoms with Gasteiger partial charge in [0, 0.05) is 58.9 Å². The van der Waals surface area contributed by atoms with E-state index >= 15 is 0 Å². The Morgan fingerprint density at radius 3 is 2.35 bits per heavy atom. The van der Waals surface area contributed by atoms with Crippen LogP contribution < -0.4 is 29.0 Å². The van der Waals surface area contributed by atoms with Crippen LogP contribution in [-0.4, -0.2) is 116 Å². The quantitative estimate of drug-likeness (QED) is 0.0493. The number of alkyl carbamates (subject to hydrolysis) is 1. The van der Waals surface area contributed by atoms with E-state index in [1.165, 1.54) is 34.0 Å². The van der Waals surface area contributed by atoms with Gasteiger partial charge in [-0.15, -0.1) is 0 Å². The van der Waals surface area contributed by atoms with Crippen molar-refractivity contribution in [2.75, 3.05) is 66.2 Å². The van der Waals surface area contributed by atoms with E-state index in [4.69, 9.17) is 72.7 Å². The number of fused-ring (bicyclic) bond motifs is 12. The number of amides is 1. The smallest absolute Gasteiger partial charge is 0.408 e. The molecule has 4 aromatic carbocycles. The van der Waals surface area contributed by atoms with Gasteiger partial charge in [-0.05, 0) is 67.1 Å². The number of hydrogen-bond donors (Lipinski definition) is 1. The van der Waals surface area contributed by atoms with E-state index in [1.807, 2.05) is 45.2 Å². The number of nitrogens with one attached hydrogen (secondary N) is 1. The summed E-state index contributed by atoms with van der Waals surface area (Å²) in [4.78, 5) is 32.5. The molecule has 0 aromatic heterocycles. The summed E-state index contributed by atoms with van der Waals surface area (Å²) in [5, 5.41) is 14.0. The maximum absolute atomic E-state index is 14.7. The number of nitrogens with zero attached hydrogens (tertiary/aromatic N) is 3. The first kappa shape index (κ1) is 49.0. The third kappa shape index (κ3) is 9.14. The van der Waals surface area contributed by atoms with Gasteiger partial charge in [0.15, 0.2) is 29.8 Å². The first-order chi connectivity index (χ1) is 33.3. The Labute approximate surface area is 420 Å².